The van der Waals surface area contributed by atoms with Crippen LogP contribution in [0.2, 0.25) is 0 Å². The van der Waals surface area contributed by atoms with Crippen LogP contribution in [0.15, 0.2) is 42.5 Å². The second-order valence-corrected chi connectivity index (χ2v) is 9.15. The van der Waals surface area contributed by atoms with Gasteiger partial charge in [0.05, 0.1) is 6.04 Å². The summed E-state index contributed by atoms with van der Waals surface area (Å²) in [6.07, 6.45) is 2.23. The van der Waals surface area contributed by atoms with Crippen molar-refractivity contribution in [2.24, 2.45) is 5.92 Å². The zero-order valence-corrected chi connectivity index (χ0v) is 18.9. The van der Waals surface area contributed by atoms with E-state index in [0.717, 1.165) is 36.9 Å². The molecule has 1 fully saturated rings. The highest BCUT2D eigenvalue weighted by molar-refractivity contribution is 5.82. The maximum absolute atomic E-state index is 13.1. The number of ether oxygens (including phenoxy) is 1. The second kappa shape index (κ2) is 8.74. The van der Waals surface area contributed by atoms with Crippen LogP contribution >= 0.6 is 0 Å². The molecule has 0 saturated heterocycles. The van der Waals surface area contributed by atoms with Gasteiger partial charge in [0, 0.05) is 18.5 Å². The lowest BCUT2D eigenvalue weighted by molar-refractivity contribution is -0.134. The topological polar surface area (TPSA) is 58.6 Å². The zero-order chi connectivity index (χ0) is 22.1. The number of nitrogens with one attached hydrogen (secondary N) is 1. The summed E-state index contributed by atoms with van der Waals surface area (Å²) in [5.41, 5.74) is 4.64. The van der Waals surface area contributed by atoms with Crippen molar-refractivity contribution in [2.75, 3.05) is 6.54 Å². The molecule has 0 spiro atoms. The second-order valence-electron chi connectivity index (χ2n) is 9.15. The van der Waals surface area contributed by atoms with Gasteiger partial charge in [-0.2, -0.15) is 0 Å². The summed E-state index contributed by atoms with van der Waals surface area (Å²) >= 11 is 0. The molecule has 0 aromatic heterocycles. The van der Waals surface area contributed by atoms with E-state index in [4.69, 9.17) is 4.74 Å². The minimum atomic E-state index is -0.592. The van der Waals surface area contributed by atoms with E-state index >= 15 is 0 Å². The number of benzene rings is 2. The molecule has 5 heteroatoms. The molecule has 164 valence electrons. The van der Waals surface area contributed by atoms with E-state index in [1.165, 1.54) is 11.1 Å². The third kappa shape index (κ3) is 4.76. The Bertz CT molecular complexity index is 963. The fourth-order valence-corrected chi connectivity index (χ4v) is 4.24. The Labute approximate surface area is 184 Å². The summed E-state index contributed by atoms with van der Waals surface area (Å²) < 4.78 is 5.99. The van der Waals surface area contributed by atoms with Crippen molar-refractivity contribution in [2.45, 2.75) is 65.1 Å². The van der Waals surface area contributed by atoms with Crippen molar-refractivity contribution in [3.8, 4) is 5.75 Å². The average molecular weight is 421 g/mol. The Kier molecular flexibility index (Phi) is 6.03. The highest BCUT2D eigenvalue weighted by Gasteiger charge is 2.39. The van der Waals surface area contributed by atoms with Crippen LogP contribution in [0.1, 0.15) is 61.9 Å². The normalized spacial score (nSPS) is 19.0. The number of hydrogen-bond donors (Lipinski definition) is 1. The quantitative estimate of drug-likeness (QED) is 0.763. The van der Waals surface area contributed by atoms with Crippen LogP contribution in [-0.2, 0) is 16.0 Å². The molecule has 2 aromatic rings. The average Bonchev–Trinajstić information content (AvgIpc) is 3.58. The molecule has 1 heterocycles. The summed E-state index contributed by atoms with van der Waals surface area (Å²) in [7, 11) is 0. The number of rotatable bonds is 6. The van der Waals surface area contributed by atoms with Gasteiger partial charge in [-0.05, 0) is 75.8 Å². The van der Waals surface area contributed by atoms with Crippen molar-refractivity contribution in [1.82, 2.24) is 10.2 Å². The maximum atomic E-state index is 13.1. The molecule has 1 aliphatic carbocycles. The predicted octanol–water partition coefficient (Wildman–Crippen LogP) is 4.17. The van der Waals surface area contributed by atoms with Gasteiger partial charge in [0.2, 0.25) is 5.91 Å². The molecule has 1 aliphatic heterocycles. The number of nitrogens with zero attached hydrogens (tertiary/aromatic N) is 1. The lowest BCUT2D eigenvalue weighted by Crippen LogP contribution is -2.41. The number of hydrogen-bond acceptors (Lipinski definition) is 3. The van der Waals surface area contributed by atoms with Gasteiger partial charge in [-0.3, -0.25) is 9.59 Å². The molecule has 0 unspecified atom stereocenters. The molecular weight excluding hydrogens is 388 g/mol. The van der Waals surface area contributed by atoms with Crippen LogP contribution < -0.4 is 10.1 Å². The molecule has 0 bridgehead atoms. The van der Waals surface area contributed by atoms with Gasteiger partial charge < -0.3 is 15.0 Å². The summed E-state index contributed by atoms with van der Waals surface area (Å²) in [4.78, 5) is 27.5. The summed E-state index contributed by atoms with van der Waals surface area (Å²) in [6.45, 7) is 8.43. The van der Waals surface area contributed by atoms with Crippen LogP contribution in [0.4, 0.5) is 0 Å². The van der Waals surface area contributed by atoms with Gasteiger partial charge in [0.25, 0.3) is 5.91 Å². The first kappa shape index (κ1) is 21.4. The van der Waals surface area contributed by atoms with Gasteiger partial charge >= 0.3 is 0 Å². The Morgan fingerprint density at radius 2 is 1.77 bits per heavy atom. The van der Waals surface area contributed by atoms with Crippen molar-refractivity contribution in [3.05, 3.63) is 64.7 Å². The van der Waals surface area contributed by atoms with E-state index < -0.39 is 6.10 Å². The number of carbonyl (C=O) groups is 2. The Balaban J connectivity index is 1.66. The SMILES string of the molecule is Cc1ccc([C@H]2c3cc(O[C@H](C)C(=O)NC(C)C)ccc3CCN2C(=O)C2CC2)cc1. The largest absolute Gasteiger partial charge is 0.481 e. The molecule has 4 rings (SSSR count). The molecule has 2 amide bonds. The molecule has 5 nitrogen and oxygen atoms in total. The third-order valence-corrected chi connectivity index (χ3v) is 6.06. The van der Waals surface area contributed by atoms with E-state index in [1.54, 1.807) is 6.92 Å². The number of amides is 2. The minimum absolute atomic E-state index is 0.0648. The van der Waals surface area contributed by atoms with E-state index in [-0.39, 0.29) is 29.8 Å². The first-order chi connectivity index (χ1) is 14.8. The highest BCUT2D eigenvalue weighted by Crippen LogP contribution is 2.41. The molecule has 1 N–H and O–H groups in total. The molecule has 31 heavy (non-hydrogen) atoms. The standard InChI is InChI=1S/C26H32N2O3/c1-16(2)27-25(29)18(4)31-22-12-11-19-13-14-28(26(30)21-9-10-21)24(23(19)15-22)20-7-5-17(3)6-8-20/h5-8,11-12,15-16,18,21,24H,9-10,13-14H2,1-4H3,(H,27,29)/t18-,24+/m1/s1. The first-order valence-electron chi connectivity index (χ1n) is 11.3. The summed E-state index contributed by atoms with van der Waals surface area (Å²) in [5, 5.41) is 2.89. The monoisotopic (exact) mass is 420 g/mol. The van der Waals surface area contributed by atoms with E-state index in [0.29, 0.717) is 5.75 Å². The van der Waals surface area contributed by atoms with Gasteiger partial charge in [0.1, 0.15) is 5.75 Å². The predicted molar refractivity (Wildman–Crippen MR) is 121 cm³/mol. The van der Waals surface area contributed by atoms with Crippen LogP contribution in [-0.4, -0.2) is 35.4 Å². The van der Waals surface area contributed by atoms with Gasteiger partial charge in [-0.15, -0.1) is 0 Å². The van der Waals surface area contributed by atoms with E-state index in [9.17, 15) is 9.59 Å². The number of aryl methyl sites for hydroxylation is 1. The lowest BCUT2D eigenvalue weighted by Gasteiger charge is -2.38. The minimum Gasteiger partial charge on any atom is -0.481 e. The van der Waals surface area contributed by atoms with Gasteiger partial charge in [-0.25, -0.2) is 0 Å². The van der Waals surface area contributed by atoms with Gasteiger partial charge in [-0.1, -0.05) is 35.9 Å². The molecule has 2 aromatic carbocycles. The maximum Gasteiger partial charge on any atom is 0.260 e. The Morgan fingerprint density at radius 3 is 2.42 bits per heavy atom. The number of fused-ring (bicyclic) bond motifs is 1. The Morgan fingerprint density at radius 1 is 1.06 bits per heavy atom. The van der Waals surface area contributed by atoms with Crippen molar-refractivity contribution < 1.29 is 14.3 Å². The molecule has 2 atom stereocenters. The van der Waals surface area contributed by atoms with Gasteiger partial charge in [0.15, 0.2) is 6.10 Å². The van der Waals surface area contributed by atoms with Crippen molar-refractivity contribution in [1.29, 1.82) is 0 Å². The van der Waals surface area contributed by atoms with Crippen molar-refractivity contribution >= 4 is 11.8 Å². The number of carbonyl (C=O) groups excluding carboxylic acids is 2. The zero-order valence-electron chi connectivity index (χ0n) is 18.9. The van der Waals surface area contributed by atoms with E-state index in [1.807, 2.05) is 30.9 Å². The van der Waals surface area contributed by atoms with Crippen LogP contribution in [0.5, 0.6) is 5.75 Å². The first-order valence-corrected chi connectivity index (χ1v) is 11.3. The fraction of sp³-hybridized carbons (Fsp3) is 0.462. The van der Waals surface area contributed by atoms with Crippen LogP contribution in [0, 0.1) is 12.8 Å². The van der Waals surface area contributed by atoms with Crippen LogP contribution in [0.25, 0.3) is 0 Å². The van der Waals surface area contributed by atoms with E-state index in [2.05, 4.69) is 42.6 Å². The molecular formula is C26H32N2O3. The summed E-state index contributed by atoms with van der Waals surface area (Å²) in [6, 6.07) is 14.4. The Hall–Kier alpha value is -2.82. The molecule has 0 radical (unpaired) electrons. The smallest absolute Gasteiger partial charge is 0.260 e. The highest BCUT2D eigenvalue weighted by atomic mass is 16.5. The lowest BCUT2D eigenvalue weighted by atomic mass is 9.87. The molecule has 1 saturated carbocycles. The molecule has 2 aliphatic rings. The third-order valence-electron chi connectivity index (χ3n) is 6.06. The fourth-order valence-electron chi connectivity index (χ4n) is 4.24. The van der Waals surface area contributed by atoms with Crippen LogP contribution in [0.3, 0.4) is 0 Å². The summed E-state index contributed by atoms with van der Waals surface area (Å²) in [5.74, 6) is 0.956. The van der Waals surface area contributed by atoms with Crippen molar-refractivity contribution in [3.63, 3.8) is 0 Å².